The van der Waals surface area contributed by atoms with Crippen molar-refractivity contribution >= 4 is 6.21 Å². The van der Waals surface area contributed by atoms with E-state index in [1.165, 1.54) is 7.11 Å². The van der Waals surface area contributed by atoms with Crippen LogP contribution in [0.2, 0.25) is 0 Å². The SMILES string of the molecule is [CH2]C/C=N/OC. The molecule has 0 fully saturated rings. The second-order valence-electron chi connectivity index (χ2n) is 0.759. The third-order valence-electron chi connectivity index (χ3n) is 0.309. The van der Waals surface area contributed by atoms with Gasteiger partial charge in [0.15, 0.2) is 0 Å². The van der Waals surface area contributed by atoms with Crippen molar-refractivity contribution in [2.75, 3.05) is 7.11 Å². The van der Waals surface area contributed by atoms with Gasteiger partial charge in [0.05, 0.1) is 0 Å². The molecule has 0 aromatic rings. The van der Waals surface area contributed by atoms with Crippen LogP contribution in [0.15, 0.2) is 5.16 Å². The Hall–Kier alpha value is -0.530. The number of rotatable bonds is 2. The average Bonchev–Trinajstić information content (AvgIpc) is 1.61. The third-order valence-corrected chi connectivity index (χ3v) is 0.309. The Morgan fingerprint density at radius 1 is 2.00 bits per heavy atom. The highest BCUT2D eigenvalue weighted by atomic mass is 16.6. The summed E-state index contributed by atoms with van der Waals surface area (Å²) in [6.45, 7) is 3.49. The van der Waals surface area contributed by atoms with E-state index in [2.05, 4.69) is 16.9 Å². The molecule has 0 amide bonds. The Kier molecular flexibility index (Phi) is 4.08. The summed E-state index contributed by atoms with van der Waals surface area (Å²) in [4.78, 5) is 4.31. The summed E-state index contributed by atoms with van der Waals surface area (Å²) >= 11 is 0. The molecule has 0 aliphatic heterocycles. The highest BCUT2D eigenvalue weighted by molar-refractivity contribution is 5.56. The maximum Gasteiger partial charge on any atom is 0.106 e. The minimum atomic E-state index is 0.688. The van der Waals surface area contributed by atoms with Gasteiger partial charge in [-0.05, 0) is 13.3 Å². The molecular formula is C4H8NO. The molecule has 0 aromatic carbocycles. The lowest BCUT2D eigenvalue weighted by Crippen LogP contribution is -1.69. The third kappa shape index (κ3) is 3.47. The van der Waals surface area contributed by atoms with E-state index in [1.54, 1.807) is 6.21 Å². The Labute approximate surface area is 37.8 Å². The second kappa shape index (κ2) is 4.47. The molecule has 2 heteroatoms. The van der Waals surface area contributed by atoms with E-state index in [9.17, 15) is 0 Å². The summed E-state index contributed by atoms with van der Waals surface area (Å²) in [6, 6.07) is 0. The van der Waals surface area contributed by atoms with Gasteiger partial charge in [0.25, 0.3) is 0 Å². The molecule has 35 valence electrons. The molecule has 0 spiro atoms. The van der Waals surface area contributed by atoms with Gasteiger partial charge < -0.3 is 4.84 Å². The van der Waals surface area contributed by atoms with Crippen molar-refractivity contribution < 1.29 is 4.84 Å². The van der Waals surface area contributed by atoms with E-state index in [0.717, 1.165) is 0 Å². The zero-order valence-corrected chi connectivity index (χ0v) is 3.85. The molecule has 0 heterocycles. The molecule has 0 saturated heterocycles. The molecule has 0 rings (SSSR count). The van der Waals surface area contributed by atoms with E-state index < -0.39 is 0 Å². The summed E-state index contributed by atoms with van der Waals surface area (Å²) in [5.74, 6) is 0. The smallest absolute Gasteiger partial charge is 0.106 e. The molecule has 0 N–H and O–H groups in total. The van der Waals surface area contributed by atoms with Crippen LogP contribution in [-0.2, 0) is 4.84 Å². The molecule has 2 nitrogen and oxygen atoms in total. The molecule has 0 unspecified atom stereocenters. The van der Waals surface area contributed by atoms with Crippen LogP contribution in [0.4, 0.5) is 0 Å². The van der Waals surface area contributed by atoms with Crippen molar-refractivity contribution in [1.29, 1.82) is 0 Å². The van der Waals surface area contributed by atoms with Gasteiger partial charge in [-0.15, -0.1) is 0 Å². The lowest BCUT2D eigenvalue weighted by atomic mass is 10.6. The van der Waals surface area contributed by atoms with E-state index in [0.29, 0.717) is 6.42 Å². The molecule has 0 bridgehead atoms. The Morgan fingerprint density at radius 3 is 2.83 bits per heavy atom. The summed E-state index contributed by atoms with van der Waals surface area (Å²) in [5, 5.41) is 3.40. The van der Waals surface area contributed by atoms with Gasteiger partial charge in [0.1, 0.15) is 7.11 Å². The quantitative estimate of drug-likeness (QED) is 0.360. The molecule has 0 aliphatic carbocycles. The van der Waals surface area contributed by atoms with Crippen LogP contribution in [0.3, 0.4) is 0 Å². The predicted molar refractivity (Wildman–Crippen MR) is 25.5 cm³/mol. The van der Waals surface area contributed by atoms with Gasteiger partial charge in [0, 0.05) is 6.21 Å². The number of hydrogen-bond donors (Lipinski definition) is 0. The Bertz CT molecular complexity index is 36.8. The average molecular weight is 86.1 g/mol. The first-order valence-corrected chi connectivity index (χ1v) is 1.76. The minimum absolute atomic E-state index is 0.688. The molecule has 0 aromatic heterocycles. The van der Waals surface area contributed by atoms with E-state index in [-0.39, 0.29) is 0 Å². The van der Waals surface area contributed by atoms with Crippen molar-refractivity contribution in [3.05, 3.63) is 6.92 Å². The lowest BCUT2D eigenvalue weighted by molar-refractivity contribution is 0.215. The molecule has 0 aliphatic rings. The molecule has 0 saturated carbocycles. The van der Waals surface area contributed by atoms with E-state index >= 15 is 0 Å². The second-order valence-corrected chi connectivity index (χ2v) is 0.759. The van der Waals surface area contributed by atoms with Crippen LogP contribution in [0.5, 0.6) is 0 Å². The van der Waals surface area contributed by atoms with Gasteiger partial charge in [-0.2, -0.15) is 0 Å². The molecule has 6 heavy (non-hydrogen) atoms. The van der Waals surface area contributed by atoms with Crippen molar-refractivity contribution in [3.63, 3.8) is 0 Å². The first-order chi connectivity index (χ1) is 2.91. The predicted octanol–water partition coefficient (Wildman–Crippen LogP) is 0.843. The fourth-order valence-corrected chi connectivity index (χ4v) is 0.127. The molecule has 0 atom stereocenters. The van der Waals surface area contributed by atoms with Crippen LogP contribution in [0.25, 0.3) is 0 Å². The van der Waals surface area contributed by atoms with Gasteiger partial charge in [-0.1, -0.05) is 5.16 Å². The first kappa shape index (κ1) is 5.47. The lowest BCUT2D eigenvalue weighted by Gasteiger charge is -1.78. The van der Waals surface area contributed by atoms with Crippen LogP contribution in [-0.4, -0.2) is 13.3 Å². The van der Waals surface area contributed by atoms with Crippen LogP contribution >= 0.6 is 0 Å². The summed E-state index contributed by atoms with van der Waals surface area (Å²) in [5.41, 5.74) is 0. The fraction of sp³-hybridized carbons (Fsp3) is 0.500. The standard InChI is InChI=1S/C4H8NO/c1-3-4-5-6-2/h4H,1,3H2,2H3/b5-4+. The van der Waals surface area contributed by atoms with E-state index in [4.69, 9.17) is 0 Å². The zero-order chi connectivity index (χ0) is 4.83. The van der Waals surface area contributed by atoms with Gasteiger partial charge in [-0.3, -0.25) is 0 Å². The zero-order valence-electron chi connectivity index (χ0n) is 3.85. The first-order valence-electron chi connectivity index (χ1n) is 1.76. The Morgan fingerprint density at radius 2 is 2.67 bits per heavy atom. The Balaban J connectivity index is 2.73. The summed E-state index contributed by atoms with van der Waals surface area (Å²) < 4.78 is 0. The number of oxime groups is 1. The molecule has 1 radical (unpaired) electrons. The van der Waals surface area contributed by atoms with Gasteiger partial charge in [0.2, 0.25) is 0 Å². The van der Waals surface area contributed by atoms with Crippen molar-refractivity contribution in [1.82, 2.24) is 0 Å². The van der Waals surface area contributed by atoms with Crippen LogP contribution < -0.4 is 0 Å². The number of nitrogens with zero attached hydrogens (tertiary/aromatic N) is 1. The van der Waals surface area contributed by atoms with Crippen molar-refractivity contribution in [2.45, 2.75) is 6.42 Å². The van der Waals surface area contributed by atoms with Crippen molar-refractivity contribution in [2.24, 2.45) is 5.16 Å². The maximum absolute atomic E-state index is 4.31. The summed E-state index contributed by atoms with van der Waals surface area (Å²) in [6.07, 6.45) is 2.29. The highest BCUT2D eigenvalue weighted by Crippen LogP contribution is 1.66. The topological polar surface area (TPSA) is 21.6 Å². The number of hydrogen-bond acceptors (Lipinski definition) is 2. The monoisotopic (exact) mass is 86.1 g/mol. The van der Waals surface area contributed by atoms with E-state index in [1.807, 2.05) is 0 Å². The maximum atomic E-state index is 4.31. The highest BCUT2D eigenvalue weighted by Gasteiger charge is 1.59. The van der Waals surface area contributed by atoms with Crippen LogP contribution in [0, 0.1) is 6.92 Å². The van der Waals surface area contributed by atoms with Gasteiger partial charge in [-0.25, -0.2) is 0 Å². The summed E-state index contributed by atoms with van der Waals surface area (Å²) in [7, 11) is 1.51. The normalized spacial score (nSPS) is 9.67. The molecular weight excluding hydrogens is 78.0 g/mol. The van der Waals surface area contributed by atoms with Gasteiger partial charge >= 0.3 is 0 Å². The largest absolute Gasteiger partial charge is 0.399 e. The van der Waals surface area contributed by atoms with Crippen LogP contribution in [0.1, 0.15) is 6.42 Å². The fourth-order valence-electron chi connectivity index (χ4n) is 0.127. The minimum Gasteiger partial charge on any atom is -0.399 e. The van der Waals surface area contributed by atoms with Crippen molar-refractivity contribution in [3.8, 4) is 0 Å².